The second-order valence-electron chi connectivity index (χ2n) is 5.85. The topological polar surface area (TPSA) is 39.7 Å². The van der Waals surface area contributed by atoms with Crippen molar-refractivity contribution < 1.29 is 13.2 Å². The van der Waals surface area contributed by atoms with E-state index < -0.39 is 12.6 Å². The highest BCUT2D eigenvalue weighted by Gasteiger charge is 2.26. The standard InChI is InChI=1S/C17H31F3N4.HI/c1-6-11-24(12-7-2)15(14(4)5)13-23-16(21-8-3)22-10-9-17(18,19)20;/h6-7,14-15H,1-2,8-13H2,3-5H3,(H2,21,22,23);1H. The molecule has 0 spiro atoms. The van der Waals surface area contributed by atoms with Crippen molar-refractivity contribution in [3.63, 3.8) is 0 Å². The van der Waals surface area contributed by atoms with E-state index in [1.54, 1.807) is 0 Å². The van der Waals surface area contributed by atoms with Crippen LogP contribution in [0.4, 0.5) is 13.2 Å². The van der Waals surface area contributed by atoms with Crippen LogP contribution < -0.4 is 10.6 Å². The molecule has 0 rings (SSSR count). The van der Waals surface area contributed by atoms with Crippen molar-refractivity contribution in [2.45, 2.75) is 39.4 Å². The summed E-state index contributed by atoms with van der Waals surface area (Å²) in [5.74, 6) is 0.747. The minimum Gasteiger partial charge on any atom is -0.357 e. The highest BCUT2D eigenvalue weighted by Crippen LogP contribution is 2.18. The van der Waals surface area contributed by atoms with Crippen LogP contribution in [0.5, 0.6) is 0 Å². The highest BCUT2D eigenvalue weighted by atomic mass is 127. The van der Waals surface area contributed by atoms with E-state index in [0.717, 1.165) is 0 Å². The van der Waals surface area contributed by atoms with Gasteiger partial charge < -0.3 is 10.6 Å². The molecule has 0 saturated heterocycles. The fourth-order valence-corrected chi connectivity index (χ4v) is 2.27. The third kappa shape index (κ3) is 13.1. The smallest absolute Gasteiger partial charge is 0.357 e. The van der Waals surface area contributed by atoms with Crippen LogP contribution in [0.15, 0.2) is 30.3 Å². The summed E-state index contributed by atoms with van der Waals surface area (Å²) in [7, 11) is 0. The van der Waals surface area contributed by atoms with Gasteiger partial charge in [0.15, 0.2) is 5.96 Å². The number of rotatable bonds is 11. The summed E-state index contributed by atoms with van der Waals surface area (Å²) in [5, 5.41) is 5.71. The lowest BCUT2D eigenvalue weighted by Gasteiger charge is -2.32. The lowest BCUT2D eigenvalue weighted by Crippen LogP contribution is -2.44. The molecule has 0 saturated carbocycles. The first-order valence-electron chi connectivity index (χ1n) is 8.29. The molecule has 0 amide bonds. The Hall–Kier alpha value is -0.770. The monoisotopic (exact) mass is 476 g/mol. The van der Waals surface area contributed by atoms with Gasteiger partial charge in [0, 0.05) is 32.2 Å². The number of hydrogen-bond acceptors (Lipinski definition) is 2. The Morgan fingerprint density at radius 3 is 2.12 bits per heavy atom. The highest BCUT2D eigenvalue weighted by molar-refractivity contribution is 14.0. The largest absolute Gasteiger partial charge is 0.390 e. The molecule has 0 aliphatic rings. The first kappa shape index (κ1) is 26.5. The first-order chi connectivity index (χ1) is 11.2. The normalized spacial score (nSPS) is 13.4. The molecule has 0 heterocycles. The molecule has 0 aromatic rings. The van der Waals surface area contributed by atoms with Gasteiger partial charge in [0.05, 0.1) is 13.0 Å². The van der Waals surface area contributed by atoms with E-state index in [2.05, 4.69) is 47.5 Å². The van der Waals surface area contributed by atoms with Gasteiger partial charge in [-0.2, -0.15) is 13.2 Å². The molecule has 148 valence electrons. The lowest BCUT2D eigenvalue weighted by molar-refractivity contribution is -0.132. The van der Waals surface area contributed by atoms with E-state index >= 15 is 0 Å². The molecule has 0 aliphatic carbocycles. The van der Waals surface area contributed by atoms with Crippen molar-refractivity contribution in [3.05, 3.63) is 25.3 Å². The Labute approximate surface area is 167 Å². The molecule has 0 aliphatic heterocycles. The van der Waals surface area contributed by atoms with Crippen LogP contribution in [0.25, 0.3) is 0 Å². The molecule has 0 fully saturated rings. The van der Waals surface area contributed by atoms with Gasteiger partial charge >= 0.3 is 6.18 Å². The third-order valence-corrected chi connectivity index (χ3v) is 3.45. The van der Waals surface area contributed by atoms with Crippen LogP contribution in [0.3, 0.4) is 0 Å². The van der Waals surface area contributed by atoms with E-state index in [9.17, 15) is 13.2 Å². The van der Waals surface area contributed by atoms with Crippen molar-refractivity contribution in [2.24, 2.45) is 10.9 Å². The van der Waals surface area contributed by atoms with Crippen molar-refractivity contribution in [1.29, 1.82) is 0 Å². The van der Waals surface area contributed by atoms with Gasteiger partial charge in [-0.15, -0.1) is 37.1 Å². The van der Waals surface area contributed by atoms with Gasteiger partial charge in [-0.05, 0) is 12.8 Å². The van der Waals surface area contributed by atoms with Crippen LogP contribution in [-0.2, 0) is 0 Å². The van der Waals surface area contributed by atoms with E-state index in [4.69, 9.17) is 0 Å². The predicted molar refractivity (Wildman–Crippen MR) is 111 cm³/mol. The fourth-order valence-electron chi connectivity index (χ4n) is 2.27. The number of nitrogens with zero attached hydrogens (tertiary/aromatic N) is 2. The van der Waals surface area contributed by atoms with Crippen LogP contribution in [0.1, 0.15) is 27.2 Å². The fraction of sp³-hybridized carbons (Fsp3) is 0.706. The van der Waals surface area contributed by atoms with E-state index in [0.29, 0.717) is 38.1 Å². The maximum Gasteiger partial charge on any atom is 0.390 e. The van der Waals surface area contributed by atoms with Crippen molar-refractivity contribution in [1.82, 2.24) is 15.5 Å². The SMILES string of the molecule is C=CCN(CC=C)C(CN=C(NCC)NCCC(F)(F)F)C(C)C.I. The molecule has 1 unspecified atom stereocenters. The first-order valence-corrected chi connectivity index (χ1v) is 8.29. The molecule has 8 heteroatoms. The summed E-state index contributed by atoms with van der Waals surface area (Å²) in [4.78, 5) is 6.66. The zero-order valence-electron chi connectivity index (χ0n) is 15.4. The Bertz CT molecular complexity index is 388. The summed E-state index contributed by atoms with van der Waals surface area (Å²) < 4.78 is 36.8. The predicted octanol–water partition coefficient (Wildman–Crippen LogP) is 3.81. The molecular weight excluding hydrogens is 444 g/mol. The van der Waals surface area contributed by atoms with Gasteiger partial charge in [0.25, 0.3) is 0 Å². The van der Waals surface area contributed by atoms with Gasteiger partial charge in [-0.3, -0.25) is 9.89 Å². The second-order valence-corrected chi connectivity index (χ2v) is 5.85. The van der Waals surface area contributed by atoms with Crippen molar-refractivity contribution in [2.75, 3.05) is 32.7 Å². The van der Waals surface area contributed by atoms with Gasteiger partial charge in [-0.25, -0.2) is 0 Å². The summed E-state index contributed by atoms with van der Waals surface area (Å²) in [6, 6.07) is 0.152. The summed E-state index contributed by atoms with van der Waals surface area (Å²) in [6.07, 6.45) is -1.40. The summed E-state index contributed by atoms with van der Waals surface area (Å²) in [6.45, 7) is 15.9. The minimum atomic E-state index is -4.17. The number of hydrogen-bond donors (Lipinski definition) is 2. The summed E-state index contributed by atoms with van der Waals surface area (Å²) >= 11 is 0. The minimum absolute atomic E-state index is 0. The maximum absolute atomic E-state index is 12.3. The Balaban J connectivity index is 0. The molecular formula is C17H32F3IN4. The molecule has 4 nitrogen and oxygen atoms in total. The third-order valence-electron chi connectivity index (χ3n) is 3.45. The van der Waals surface area contributed by atoms with Crippen molar-refractivity contribution >= 4 is 29.9 Å². The van der Waals surface area contributed by atoms with Crippen LogP contribution >= 0.6 is 24.0 Å². The number of halogens is 4. The average Bonchev–Trinajstić information content (AvgIpc) is 2.46. The zero-order valence-corrected chi connectivity index (χ0v) is 17.7. The Morgan fingerprint density at radius 1 is 1.16 bits per heavy atom. The van der Waals surface area contributed by atoms with Crippen LogP contribution in [0, 0.1) is 5.92 Å². The quantitative estimate of drug-likeness (QED) is 0.206. The Kier molecular flexibility index (Phi) is 15.2. The molecule has 1 atom stereocenters. The summed E-state index contributed by atoms with van der Waals surface area (Å²) in [5.41, 5.74) is 0. The number of aliphatic imine (C=N–C) groups is 1. The van der Waals surface area contributed by atoms with Gasteiger partial charge in [0.2, 0.25) is 0 Å². The van der Waals surface area contributed by atoms with Crippen LogP contribution in [0.2, 0.25) is 0 Å². The van der Waals surface area contributed by atoms with E-state index in [-0.39, 0.29) is 36.6 Å². The number of guanidine groups is 1. The van der Waals surface area contributed by atoms with E-state index in [1.165, 1.54) is 0 Å². The van der Waals surface area contributed by atoms with Crippen LogP contribution in [-0.4, -0.2) is 55.8 Å². The number of nitrogens with one attached hydrogen (secondary N) is 2. The van der Waals surface area contributed by atoms with Crippen molar-refractivity contribution in [3.8, 4) is 0 Å². The Morgan fingerprint density at radius 2 is 1.72 bits per heavy atom. The molecule has 0 aromatic carbocycles. The zero-order chi connectivity index (χ0) is 18.6. The molecule has 0 radical (unpaired) electrons. The molecule has 25 heavy (non-hydrogen) atoms. The molecule has 2 N–H and O–H groups in total. The van der Waals surface area contributed by atoms with Gasteiger partial charge in [0.1, 0.15) is 0 Å². The maximum atomic E-state index is 12.3. The second kappa shape index (κ2) is 14.4. The molecule has 0 bridgehead atoms. The lowest BCUT2D eigenvalue weighted by atomic mass is 10.0. The molecule has 0 aromatic heterocycles. The average molecular weight is 476 g/mol. The van der Waals surface area contributed by atoms with Gasteiger partial charge in [-0.1, -0.05) is 26.0 Å². The van der Waals surface area contributed by atoms with E-state index in [1.807, 2.05) is 19.1 Å². The number of alkyl halides is 3.